The largest absolute Gasteiger partial charge is 0.325 e. The van der Waals surface area contributed by atoms with Gasteiger partial charge in [-0.3, -0.25) is 9.59 Å². The predicted octanol–water partition coefficient (Wildman–Crippen LogP) is 2.76. The molecule has 0 aliphatic heterocycles. The minimum absolute atomic E-state index is 0.0704. The van der Waals surface area contributed by atoms with Gasteiger partial charge < -0.3 is 10.3 Å². The zero-order chi connectivity index (χ0) is 16.1. The van der Waals surface area contributed by atoms with Gasteiger partial charge in [-0.25, -0.2) is 9.37 Å². The maximum absolute atomic E-state index is 13.0. The van der Waals surface area contributed by atoms with E-state index in [1.165, 1.54) is 24.3 Å². The number of carbonyl (C=O) groups excluding carboxylic acids is 1. The molecule has 1 aromatic carbocycles. The van der Waals surface area contributed by atoms with Crippen LogP contribution in [0.15, 0.2) is 40.3 Å². The van der Waals surface area contributed by atoms with Crippen molar-refractivity contribution >= 4 is 23.4 Å². The van der Waals surface area contributed by atoms with Crippen LogP contribution in [0.1, 0.15) is 25.5 Å². The first-order chi connectivity index (χ1) is 10.4. The third-order valence-electron chi connectivity index (χ3n) is 2.78. The molecule has 2 aromatic rings. The number of rotatable bonds is 5. The Balaban J connectivity index is 1.98. The van der Waals surface area contributed by atoms with E-state index < -0.39 is 5.82 Å². The van der Waals surface area contributed by atoms with Crippen molar-refractivity contribution in [3.8, 4) is 0 Å². The fourth-order valence-electron chi connectivity index (χ4n) is 1.71. The minimum atomic E-state index is -0.416. The Bertz CT molecular complexity index is 731. The minimum Gasteiger partial charge on any atom is -0.325 e. The molecule has 0 saturated carbocycles. The molecule has 0 bridgehead atoms. The Labute approximate surface area is 131 Å². The number of thioether (sulfide) groups is 1. The molecule has 2 N–H and O–H groups in total. The first-order valence-electron chi connectivity index (χ1n) is 6.73. The molecule has 22 heavy (non-hydrogen) atoms. The van der Waals surface area contributed by atoms with E-state index in [9.17, 15) is 14.0 Å². The quantitative estimate of drug-likeness (QED) is 0.656. The SMILES string of the molecule is CC(C)c1cc(=O)[nH]c(SCC(=O)Nc2cccc(F)c2)n1. The summed E-state index contributed by atoms with van der Waals surface area (Å²) in [5.41, 5.74) is 0.825. The predicted molar refractivity (Wildman–Crippen MR) is 84.7 cm³/mol. The van der Waals surface area contributed by atoms with Crippen molar-refractivity contribution in [2.75, 3.05) is 11.1 Å². The number of anilines is 1. The van der Waals surface area contributed by atoms with Crippen LogP contribution in [-0.4, -0.2) is 21.6 Å². The molecule has 1 aromatic heterocycles. The molecule has 0 radical (unpaired) electrons. The Morgan fingerprint density at radius 1 is 1.41 bits per heavy atom. The summed E-state index contributed by atoms with van der Waals surface area (Å²) >= 11 is 1.13. The van der Waals surface area contributed by atoms with E-state index in [1.54, 1.807) is 6.07 Å². The lowest BCUT2D eigenvalue weighted by Gasteiger charge is -2.07. The topological polar surface area (TPSA) is 74.8 Å². The van der Waals surface area contributed by atoms with Crippen LogP contribution in [-0.2, 0) is 4.79 Å². The van der Waals surface area contributed by atoms with Gasteiger partial charge in [-0.2, -0.15) is 0 Å². The standard InChI is InChI=1S/C15H16FN3O2S/c1-9(2)12-7-13(20)19-15(18-12)22-8-14(21)17-11-5-3-4-10(16)6-11/h3-7,9H,8H2,1-2H3,(H,17,21)(H,18,19,20). The van der Waals surface area contributed by atoms with Gasteiger partial charge in [0.1, 0.15) is 5.82 Å². The number of aromatic nitrogens is 2. The number of H-pyrrole nitrogens is 1. The van der Waals surface area contributed by atoms with Gasteiger partial charge in [0.15, 0.2) is 5.16 Å². The molecule has 0 atom stereocenters. The van der Waals surface area contributed by atoms with E-state index in [2.05, 4.69) is 15.3 Å². The first-order valence-corrected chi connectivity index (χ1v) is 7.72. The second-order valence-electron chi connectivity index (χ2n) is 4.98. The van der Waals surface area contributed by atoms with E-state index in [1.807, 2.05) is 13.8 Å². The van der Waals surface area contributed by atoms with Gasteiger partial charge in [-0.1, -0.05) is 31.7 Å². The summed E-state index contributed by atoms with van der Waals surface area (Å²) in [5.74, 6) is -0.516. The highest BCUT2D eigenvalue weighted by Crippen LogP contribution is 2.16. The molecule has 7 heteroatoms. The maximum Gasteiger partial charge on any atom is 0.251 e. The van der Waals surface area contributed by atoms with Crippen molar-refractivity contribution < 1.29 is 9.18 Å². The third kappa shape index (κ3) is 4.70. The van der Waals surface area contributed by atoms with E-state index in [-0.39, 0.29) is 23.1 Å². The van der Waals surface area contributed by atoms with Crippen LogP contribution in [0.25, 0.3) is 0 Å². The number of carbonyl (C=O) groups is 1. The Morgan fingerprint density at radius 2 is 2.18 bits per heavy atom. The highest BCUT2D eigenvalue weighted by molar-refractivity contribution is 7.99. The summed E-state index contributed by atoms with van der Waals surface area (Å²) in [7, 11) is 0. The van der Waals surface area contributed by atoms with Crippen LogP contribution in [0, 0.1) is 5.82 Å². The highest BCUT2D eigenvalue weighted by atomic mass is 32.2. The molecule has 0 saturated heterocycles. The number of nitrogens with zero attached hydrogens (tertiary/aromatic N) is 1. The number of hydrogen-bond donors (Lipinski definition) is 2. The van der Waals surface area contributed by atoms with E-state index in [0.717, 1.165) is 11.8 Å². The zero-order valence-electron chi connectivity index (χ0n) is 12.2. The maximum atomic E-state index is 13.0. The summed E-state index contributed by atoms with van der Waals surface area (Å²) in [5, 5.41) is 2.98. The highest BCUT2D eigenvalue weighted by Gasteiger charge is 2.09. The van der Waals surface area contributed by atoms with E-state index >= 15 is 0 Å². The van der Waals surface area contributed by atoms with E-state index in [4.69, 9.17) is 0 Å². The lowest BCUT2D eigenvalue weighted by atomic mass is 10.1. The van der Waals surface area contributed by atoms with Gasteiger partial charge in [-0.15, -0.1) is 0 Å². The van der Waals surface area contributed by atoms with Crippen LogP contribution >= 0.6 is 11.8 Å². The molecule has 0 aliphatic carbocycles. The molecular weight excluding hydrogens is 305 g/mol. The van der Waals surface area contributed by atoms with Crippen LogP contribution in [0.5, 0.6) is 0 Å². The molecule has 1 amide bonds. The van der Waals surface area contributed by atoms with Crippen LogP contribution in [0.2, 0.25) is 0 Å². The monoisotopic (exact) mass is 321 g/mol. The van der Waals surface area contributed by atoms with Crippen molar-refractivity contribution in [2.24, 2.45) is 0 Å². The van der Waals surface area contributed by atoms with Gasteiger partial charge in [0.25, 0.3) is 5.56 Å². The van der Waals surface area contributed by atoms with Crippen LogP contribution in [0.3, 0.4) is 0 Å². The summed E-state index contributed by atoms with van der Waals surface area (Å²) in [6, 6.07) is 7.11. The molecule has 0 aliphatic rings. The summed E-state index contributed by atoms with van der Waals surface area (Å²) < 4.78 is 13.0. The lowest BCUT2D eigenvalue weighted by Crippen LogP contribution is -2.16. The number of halogens is 1. The lowest BCUT2D eigenvalue weighted by molar-refractivity contribution is -0.113. The van der Waals surface area contributed by atoms with Crippen LogP contribution in [0.4, 0.5) is 10.1 Å². The fraction of sp³-hybridized carbons (Fsp3) is 0.267. The Kier molecular flexibility index (Phi) is 5.32. The Morgan fingerprint density at radius 3 is 2.86 bits per heavy atom. The van der Waals surface area contributed by atoms with Crippen molar-refractivity contribution in [1.29, 1.82) is 0 Å². The van der Waals surface area contributed by atoms with Gasteiger partial charge in [0, 0.05) is 11.8 Å². The molecule has 116 valence electrons. The number of hydrogen-bond acceptors (Lipinski definition) is 4. The third-order valence-corrected chi connectivity index (χ3v) is 3.65. The summed E-state index contributed by atoms with van der Waals surface area (Å²) in [6.45, 7) is 3.87. The summed E-state index contributed by atoms with van der Waals surface area (Å²) in [4.78, 5) is 30.2. The zero-order valence-corrected chi connectivity index (χ0v) is 13.0. The van der Waals surface area contributed by atoms with Crippen molar-refractivity contribution in [2.45, 2.75) is 24.9 Å². The molecule has 1 heterocycles. The first kappa shape index (κ1) is 16.2. The average Bonchev–Trinajstić information content (AvgIpc) is 2.44. The molecular formula is C15H16FN3O2S. The molecule has 0 spiro atoms. The van der Waals surface area contributed by atoms with Crippen molar-refractivity contribution in [1.82, 2.24) is 9.97 Å². The average molecular weight is 321 g/mol. The van der Waals surface area contributed by atoms with Crippen LogP contribution < -0.4 is 10.9 Å². The fourth-order valence-corrected chi connectivity index (χ4v) is 2.40. The van der Waals surface area contributed by atoms with Gasteiger partial charge in [-0.05, 0) is 24.1 Å². The molecule has 5 nitrogen and oxygen atoms in total. The normalized spacial score (nSPS) is 10.7. The van der Waals surface area contributed by atoms with Crippen molar-refractivity contribution in [3.05, 3.63) is 52.2 Å². The Hall–Kier alpha value is -2.15. The second-order valence-corrected chi connectivity index (χ2v) is 5.94. The smallest absolute Gasteiger partial charge is 0.251 e. The van der Waals surface area contributed by atoms with E-state index in [0.29, 0.717) is 16.5 Å². The molecule has 2 rings (SSSR count). The molecule has 0 unspecified atom stereocenters. The van der Waals surface area contributed by atoms with Gasteiger partial charge in [0.2, 0.25) is 5.91 Å². The molecule has 0 fully saturated rings. The number of benzene rings is 1. The second kappa shape index (κ2) is 7.22. The summed E-state index contributed by atoms with van der Waals surface area (Å²) in [6.07, 6.45) is 0. The van der Waals surface area contributed by atoms with Gasteiger partial charge >= 0.3 is 0 Å². The number of aromatic amines is 1. The van der Waals surface area contributed by atoms with Gasteiger partial charge in [0.05, 0.1) is 11.4 Å². The number of nitrogens with one attached hydrogen (secondary N) is 2. The van der Waals surface area contributed by atoms with Crippen molar-refractivity contribution in [3.63, 3.8) is 0 Å². The number of amides is 1.